The molecule has 19 heavy (non-hydrogen) atoms. The fraction of sp³-hybridized carbons (Fsp3) is 0.625. The summed E-state index contributed by atoms with van der Waals surface area (Å²) in [5, 5.41) is 3.56. The molecule has 0 saturated heterocycles. The quantitative estimate of drug-likeness (QED) is 0.742. The fourth-order valence-electron chi connectivity index (χ4n) is 2.31. The highest BCUT2D eigenvalue weighted by Crippen LogP contribution is 2.28. The third-order valence-corrected chi connectivity index (χ3v) is 3.33. The van der Waals surface area contributed by atoms with E-state index < -0.39 is 0 Å². The maximum atomic E-state index is 5.35. The van der Waals surface area contributed by atoms with E-state index in [1.165, 1.54) is 24.8 Å². The van der Waals surface area contributed by atoms with Crippen molar-refractivity contribution in [2.75, 3.05) is 20.8 Å². The van der Waals surface area contributed by atoms with Gasteiger partial charge in [-0.05, 0) is 37.1 Å². The minimum absolute atomic E-state index is 0.544. The van der Waals surface area contributed by atoms with E-state index in [0.29, 0.717) is 6.04 Å². The number of unbranched alkanes of at least 4 members (excludes halogenated alkanes) is 1. The fourth-order valence-corrected chi connectivity index (χ4v) is 2.31. The van der Waals surface area contributed by atoms with Crippen LogP contribution in [0.1, 0.15) is 38.7 Å². The van der Waals surface area contributed by atoms with Crippen LogP contribution in [-0.2, 0) is 6.42 Å². The van der Waals surface area contributed by atoms with Crippen molar-refractivity contribution in [3.8, 4) is 11.5 Å². The molecule has 0 spiro atoms. The summed E-state index contributed by atoms with van der Waals surface area (Å²) < 4.78 is 10.6. The first kappa shape index (κ1) is 15.8. The van der Waals surface area contributed by atoms with E-state index in [9.17, 15) is 0 Å². The van der Waals surface area contributed by atoms with E-state index in [4.69, 9.17) is 9.47 Å². The van der Waals surface area contributed by atoms with Crippen LogP contribution in [0.2, 0.25) is 0 Å². The molecule has 0 aromatic heterocycles. The molecule has 0 fully saturated rings. The summed E-state index contributed by atoms with van der Waals surface area (Å²) in [7, 11) is 3.35. The molecule has 0 aliphatic rings. The van der Waals surface area contributed by atoms with Gasteiger partial charge in [0, 0.05) is 6.04 Å². The maximum absolute atomic E-state index is 5.35. The topological polar surface area (TPSA) is 30.5 Å². The molecule has 3 nitrogen and oxygen atoms in total. The van der Waals surface area contributed by atoms with Crippen LogP contribution in [0.25, 0.3) is 0 Å². The molecule has 0 saturated carbocycles. The van der Waals surface area contributed by atoms with Crippen LogP contribution in [0.15, 0.2) is 18.2 Å². The molecule has 0 radical (unpaired) electrons. The van der Waals surface area contributed by atoms with E-state index in [2.05, 4.69) is 31.3 Å². The van der Waals surface area contributed by atoms with E-state index in [-0.39, 0.29) is 0 Å². The van der Waals surface area contributed by atoms with Crippen LogP contribution < -0.4 is 14.8 Å². The number of ether oxygens (including phenoxy) is 2. The first-order chi connectivity index (χ1) is 9.24. The van der Waals surface area contributed by atoms with Gasteiger partial charge in [-0.25, -0.2) is 0 Å². The Morgan fingerprint density at radius 1 is 1.11 bits per heavy atom. The summed E-state index contributed by atoms with van der Waals surface area (Å²) in [6.07, 6.45) is 4.77. The van der Waals surface area contributed by atoms with Crippen molar-refractivity contribution in [2.24, 2.45) is 0 Å². The van der Waals surface area contributed by atoms with Crippen LogP contribution in [0.5, 0.6) is 11.5 Å². The first-order valence-corrected chi connectivity index (χ1v) is 7.19. The number of rotatable bonds is 9. The van der Waals surface area contributed by atoms with Crippen LogP contribution in [0.4, 0.5) is 0 Å². The molecule has 1 unspecified atom stereocenters. The molecule has 0 bridgehead atoms. The van der Waals surface area contributed by atoms with Gasteiger partial charge in [0.05, 0.1) is 14.2 Å². The Morgan fingerprint density at radius 3 is 2.42 bits per heavy atom. The zero-order chi connectivity index (χ0) is 14.1. The van der Waals surface area contributed by atoms with Gasteiger partial charge in [-0.3, -0.25) is 0 Å². The summed E-state index contributed by atoms with van der Waals surface area (Å²) in [4.78, 5) is 0. The second-order valence-corrected chi connectivity index (χ2v) is 4.79. The highest BCUT2D eigenvalue weighted by atomic mass is 16.5. The summed E-state index contributed by atoms with van der Waals surface area (Å²) in [5.74, 6) is 1.60. The van der Waals surface area contributed by atoms with Crippen LogP contribution in [0.3, 0.4) is 0 Å². The first-order valence-electron chi connectivity index (χ1n) is 7.19. The van der Waals surface area contributed by atoms with Crippen molar-refractivity contribution in [1.82, 2.24) is 5.32 Å². The van der Waals surface area contributed by atoms with Gasteiger partial charge in [-0.1, -0.05) is 32.8 Å². The highest BCUT2D eigenvalue weighted by molar-refractivity contribution is 5.43. The van der Waals surface area contributed by atoms with Crippen molar-refractivity contribution < 1.29 is 9.47 Å². The Bertz CT molecular complexity index is 366. The molecular weight excluding hydrogens is 238 g/mol. The molecular formula is C16H27NO2. The Morgan fingerprint density at radius 2 is 1.84 bits per heavy atom. The van der Waals surface area contributed by atoms with Gasteiger partial charge in [-0.15, -0.1) is 0 Å². The molecule has 3 heteroatoms. The molecule has 108 valence electrons. The van der Waals surface area contributed by atoms with Crippen LogP contribution >= 0.6 is 0 Å². The SMILES string of the molecule is CCCCC(Cc1ccc(OC)c(OC)c1)NCC. The summed E-state index contributed by atoms with van der Waals surface area (Å²) in [5.41, 5.74) is 1.29. The normalized spacial score (nSPS) is 12.2. The molecule has 1 atom stereocenters. The lowest BCUT2D eigenvalue weighted by Gasteiger charge is -2.18. The van der Waals surface area contributed by atoms with E-state index in [0.717, 1.165) is 24.5 Å². The summed E-state index contributed by atoms with van der Waals surface area (Å²) in [6, 6.07) is 6.73. The molecule has 1 aromatic carbocycles. The monoisotopic (exact) mass is 265 g/mol. The van der Waals surface area contributed by atoms with Gasteiger partial charge in [-0.2, -0.15) is 0 Å². The molecule has 0 heterocycles. The molecule has 0 aliphatic carbocycles. The lowest BCUT2D eigenvalue weighted by molar-refractivity contribution is 0.354. The van der Waals surface area contributed by atoms with Crippen molar-refractivity contribution >= 4 is 0 Å². The van der Waals surface area contributed by atoms with Gasteiger partial charge in [0.2, 0.25) is 0 Å². The lowest BCUT2D eigenvalue weighted by Crippen LogP contribution is -2.30. The predicted molar refractivity (Wildman–Crippen MR) is 80.2 cm³/mol. The van der Waals surface area contributed by atoms with E-state index >= 15 is 0 Å². The maximum Gasteiger partial charge on any atom is 0.160 e. The van der Waals surface area contributed by atoms with Gasteiger partial charge in [0.1, 0.15) is 0 Å². The Labute approximate surface area is 117 Å². The Hall–Kier alpha value is -1.22. The molecule has 0 aliphatic heterocycles. The molecule has 0 amide bonds. The van der Waals surface area contributed by atoms with Crippen molar-refractivity contribution in [3.05, 3.63) is 23.8 Å². The second-order valence-electron chi connectivity index (χ2n) is 4.79. The lowest BCUT2D eigenvalue weighted by atomic mass is 10.0. The third kappa shape index (κ3) is 5.11. The van der Waals surface area contributed by atoms with Gasteiger partial charge < -0.3 is 14.8 Å². The molecule has 1 aromatic rings. The smallest absolute Gasteiger partial charge is 0.160 e. The number of likely N-dealkylation sites (N-methyl/N-ethyl adjacent to an activating group) is 1. The largest absolute Gasteiger partial charge is 0.493 e. The average Bonchev–Trinajstić information content (AvgIpc) is 2.44. The number of methoxy groups -OCH3 is 2. The van der Waals surface area contributed by atoms with Crippen molar-refractivity contribution in [1.29, 1.82) is 0 Å². The number of hydrogen-bond acceptors (Lipinski definition) is 3. The summed E-state index contributed by atoms with van der Waals surface area (Å²) >= 11 is 0. The van der Waals surface area contributed by atoms with Crippen molar-refractivity contribution in [3.63, 3.8) is 0 Å². The second kappa shape index (κ2) is 8.81. The zero-order valence-electron chi connectivity index (χ0n) is 12.7. The van der Waals surface area contributed by atoms with Gasteiger partial charge >= 0.3 is 0 Å². The third-order valence-electron chi connectivity index (χ3n) is 3.33. The Kier molecular flexibility index (Phi) is 7.34. The molecule has 1 N–H and O–H groups in total. The average molecular weight is 265 g/mol. The highest BCUT2D eigenvalue weighted by Gasteiger charge is 2.10. The minimum atomic E-state index is 0.544. The van der Waals surface area contributed by atoms with Crippen LogP contribution in [-0.4, -0.2) is 26.8 Å². The van der Waals surface area contributed by atoms with Crippen LogP contribution in [0, 0.1) is 0 Å². The van der Waals surface area contributed by atoms with E-state index in [1.807, 2.05) is 6.07 Å². The minimum Gasteiger partial charge on any atom is -0.493 e. The van der Waals surface area contributed by atoms with E-state index in [1.54, 1.807) is 14.2 Å². The van der Waals surface area contributed by atoms with Gasteiger partial charge in [0.15, 0.2) is 11.5 Å². The molecule has 1 rings (SSSR count). The number of hydrogen-bond donors (Lipinski definition) is 1. The number of benzene rings is 1. The predicted octanol–water partition coefficient (Wildman–Crippen LogP) is 3.41. The standard InChI is InChI=1S/C16H27NO2/c1-5-7-8-14(17-6-2)11-13-9-10-15(18-3)16(12-13)19-4/h9-10,12,14,17H,5-8,11H2,1-4H3. The summed E-state index contributed by atoms with van der Waals surface area (Å²) in [6.45, 7) is 5.41. The van der Waals surface area contributed by atoms with Gasteiger partial charge in [0.25, 0.3) is 0 Å². The Balaban J connectivity index is 2.72. The number of nitrogens with one attached hydrogen (secondary N) is 1. The zero-order valence-corrected chi connectivity index (χ0v) is 12.7. The van der Waals surface area contributed by atoms with Crippen molar-refractivity contribution in [2.45, 2.75) is 45.6 Å².